The Bertz CT molecular complexity index is 817. The van der Waals surface area contributed by atoms with Crippen LogP contribution in [-0.4, -0.2) is 22.6 Å². The van der Waals surface area contributed by atoms with Crippen molar-refractivity contribution in [3.63, 3.8) is 0 Å². The fraction of sp³-hybridized carbons (Fsp3) is 0.200. The van der Waals surface area contributed by atoms with Gasteiger partial charge in [0.05, 0.1) is 24.8 Å². The first-order valence-corrected chi connectivity index (χ1v) is 8.72. The number of anilines is 1. The second kappa shape index (κ2) is 6.86. The van der Waals surface area contributed by atoms with Crippen LogP contribution in [0.5, 0.6) is 11.5 Å². The minimum absolute atomic E-state index is 0.0752. The molecule has 0 atom stereocenters. The first-order chi connectivity index (χ1) is 10.8. The molecule has 0 saturated heterocycles. The molecule has 23 heavy (non-hydrogen) atoms. The summed E-state index contributed by atoms with van der Waals surface area (Å²) in [6.45, 7) is 1.67. The van der Waals surface area contributed by atoms with Crippen LogP contribution in [-0.2, 0) is 10.0 Å². The second-order valence-electron chi connectivity index (χ2n) is 4.74. The second-order valence-corrected chi connectivity index (χ2v) is 7.26. The number of methoxy groups -OCH3 is 2. The van der Waals surface area contributed by atoms with Crippen molar-refractivity contribution in [3.8, 4) is 11.5 Å². The molecule has 0 aromatic heterocycles. The van der Waals surface area contributed by atoms with Crippen molar-refractivity contribution in [1.82, 2.24) is 0 Å². The van der Waals surface area contributed by atoms with E-state index < -0.39 is 10.0 Å². The maximum Gasteiger partial charge on any atom is 0.262 e. The average Bonchev–Trinajstić information content (AvgIpc) is 2.44. The summed E-state index contributed by atoms with van der Waals surface area (Å²) in [5.41, 5.74) is 0.792. The van der Waals surface area contributed by atoms with Crippen LogP contribution in [0.4, 0.5) is 5.69 Å². The lowest BCUT2D eigenvalue weighted by molar-refractivity contribution is 0.353. The van der Waals surface area contributed by atoms with Crippen LogP contribution in [0.15, 0.2) is 35.2 Å². The summed E-state index contributed by atoms with van der Waals surface area (Å²) in [6.07, 6.45) is 0. The van der Waals surface area contributed by atoms with Crippen molar-refractivity contribution in [3.05, 3.63) is 45.9 Å². The number of ether oxygens (including phenoxy) is 2. The lowest BCUT2D eigenvalue weighted by atomic mass is 10.2. The standard InChI is InChI=1S/C15H15Cl2NO4S/c1-9-4-13(21-2)14(22-3)8-15(9)23(19,20)18-12-6-10(16)5-11(17)7-12/h4-8,18H,1-3H3. The van der Waals surface area contributed by atoms with E-state index in [0.717, 1.165) is 0 Å². The Morgan fingerprint density at radius 2 is 1.43 bits per heavy atom. The number of benzene rings is 2. The number of halogens is 2. The molecule has 2 aromatic rings. The third-order valence-electron chi connectivity index (χ3n) is 3.09. The molecule has 0 aliphatic rings. The zero-order chi connectivity index (χ0) is 17.2. The Kier molecular flexibility index (Phi) is 5.29. The van der Waals surface area contributed by atoms with Gasteiger partial charge in [0.1, 0.15) is 0 Å². The molecule has 2 rings (SSSR count). The fourth-order valence-corrected chi connectivity index (χ4v) is 3.88. The van der Waals surface area contributed by atoms with E-state index in [-0.39, 0.29) is 10.6 Å². The molecule has 0 amide bonds. The maximum absolute atomic E-state index is 12.6. The number of hydrogen-bond donors (Lipinski definition) is 1. The SMILES string of the molecule is COc1cc(C)c(S(=O)(=O)Nc2cc(Cl)cc(Cl)c2)cc1OC. The van der Waals surface area contributed by atoms with Crippen molar-refractivity contribution < 1.29 is 17.9 Å². The molecule has 2 aromatic carbocycles. The molecule has 0 aliphatic carbocycles. The average molecular weight is 376 g/mol. The first kappa shape index (κ1) is 17.7. The van der Waals surface area contributed by atoms with E-state index in [4.69, 9.17) is 32.7 Å². The zero-order valence-electron chi connectivity index (χ0n) is 12.7. The topological polar surface area (TPSA) is 64.6 Å². The van der Waals surface area contributed by atoms with E-state index in [2.05, 4.69) is 4.72 Å². The smallest absolute Gasteiger partial charge is 0.262 e. The van der Waals surface area contributed by atoms with Gasteiger partial charge in [-0.15, -0.1) is 0 Å². The van der Waals surface area contributed by atoms with Crippen LogP contribution >= 0.6 is 23.2 Å². The summed E-state index contributed by atoms with van der Waals surface area (Å²) in [7, 11) is -0.916. The number of aryl methyl sites for hydroxylation is 1. The van der Waals surface area contributed by atoms with E-state index >= 15 is 0 Å². The van der Waals surface area contributed by atoms with Crippen LogP contribution in [0.25, 0.3) is 0 Å². The third kappa shape index (κ3) is 4.02. The molecule has 124 valence electrons. The molecule has 0 fully saturated rings. The lowest BCUT2D eigenvalue weighted by Gasteiger charge is -2.14. The molecule has 8 heteroatoms. The Morgan fingerprint density at radius 1 is 0.913 bits per heavy atom. The van der Waals surface area contributed by atoms with Crippen molar-refractivity contribution >= 4 is 38.9 Å². The fourth-order valence-electron chi connectivity index (χ4n) is 2.07. The predicted octanol–water partition coefficient (Wildman–Crippen LogP) is 4.12. The van der Waals surface area contributed by atoms with Crippen molar-refractivity contribution in [2.24, 2.45) is 0 Å². The maximum atomic E-state index is 12.6. The summed E-state index contributed by atoms with van der Waals surface area (Å²) in [6, 6.07) is 7.46. The highest BCUT2D eigenvalue weighted by molar-refractivity contribution is 7.92. The van der Waals surface area contributed by atoms with E-state index in [1.165, 1.54) is 38.5 Å². The third-order valence-corrected chi connectivity index (χ3v) is 5.05. The highest BCUT2D eigenvalue weighted by atomic mass is 35.5. The van der Waals surface area contributed by atoms with Crippen LogP contribution in [0.2, 0.25) is 10.0 Å². The minimum atomic E-state index is -3.84. The molecule has 0 bridgehead atoms. The largest absolute Gasteiger partial charge is 0.493 e. The molecule has 0 aliphatic heterocycles. The number of nitrogens with one attached hydrogen (secondary N) is 1. The summed E-state index contributed by atoms with van der Waals surface area (Å²) < 4.78 is 38.0. The summed E-state index contributed by atoms with van der Waals surface area (Å²) in [4.78, 5) is 0.0752. The van der Waals surface area contributed by atoms with Crippen molar-refractivity contribution in [2.45, 2.75) is 11.8 Å². The van der Waals surface area contributed by atoms with Gasteiger partial charge >= 0.3 is 0 Å². The molecular formula is C15H15Cl2NO4S. The van der Waals surface area contributed by atoms with Crippen LogP contribution in [0, 0.1) is 6.92 Å². The van der Waals surface area contributed by atoms with E-state index in [9.17, 15) is 8.42 Å². The predicted molar refractivity (Wildman–Crippen MR) is 91.6 cm³/mol. The van der Waals surface area contributed by atoms with Crippen molar-refractivity contribution in [2.75, 3.05) is 18.9 Å². The van der Waals surface area contributed by atoms with Gasteiger partial charge in [0.2, 0.25) is 0 Å². The molecule has 1 N–H and O–H groups in total. The van der Waals surface area contributed by atoms with Crippen molar-refractivity contribution in [1.29, 1.82) is 0 Å². The van der Waals surface area contributed by atoms with E-state index in [0.29, 0.717) is 27.1 Å². The number of hydrogen-bond acceptors (Lipinski definition) is 4. The highest BCUT2D eigenvalue weighted by Gasteiger charge is 2.20. The molecule has 0 heterocycles. The Labute approximate surface area is 145 Å². The monoisotopic (exact) mass is 375 g/mol. The quantitative estimate of drug-likeness (QED) is 0.853. The molecule has 0 saturated carbocycles. The van der Waals surface area contributed by atoms with Gasteiger partial charge in [-0.05, 0) is 36.8 Å². The highest BCUT2D eigenvalue weighted by Crippen LogP contribution is 2.33. The van der Waals surface area contributed by atoms with Gasteiger partial charge in [-0.3, -0.25) is 4.72 Å². The van der Waals surface area contributed by atoms with E-state index in [1.807, 2.05) is 0 Å². The molecule has 5 nitrogen and oxygen atoms in total. The zero-order valence-corrected chi connectivity index (χ0v) is 15.0. The van der Waals surface area contributed by atoms with Gasteiger partial charge < -0.3 is 9.47 Å². The van der Waals surface area contributed by atoms with Crippen LogP contribution < -0.4 is 14.2 Å². The van der Waals surface area contributed by atoms with Gasteiger partial charge in [-0.1, -0.05) is 23.2 Å². The first-order valence-electron chi connectivity index (χ1n) is 6.48. The van der Waals surface area contributed by atoms with Crippen LogP contribution in [0.1, 0.15) is 5.56 Å². The summed E-state index contributed by atoms with van der Waals surface area (Å²) in [5, 5.41) is 0.665. The van der Waals surface area contributed by atoms with Gasteiger partial charge in [-0.2, -0.15) is 0 Å². The Morgan fingerprint density at radius 3 is 1.96 bits per heavy atom. The minimum Gasteiger partial charge on any atom is -0.493 e. The van der Waals surface area contributed by atoms with Crippen LogP contribution in [0.3, 0.4) is 0 Å². The normalized spacial score (nSPS) is 11.2. The number of sulfonamides is 1. The van der Waals surface area contributed by atoms with Gasteiger partial charge in [0, 0.05) is 16.1 Å². The molecule has 0 spiro atoms. The lowest BCUT2D eigenvalue weighted by Crippen LogP contribution is -2.14. The number of rotatable bonds is 5. The molecule has 0 radical (unpaired) electrons. The summed E-state index contributed by atoms with van der Waals surface area (Å²) >= 11 is 11.8. The van der Waals surface area contributed by atoms with Gasteiger partial charge in [0.25, 0.3) is 10.0 Å². The Hall–Kier alpha value is -1.63. The Balaban J connectivity index is 2.47. The summed E-state index contributed by atoms with van der Waals surface area (Å²) in [5.74, 6) is 0.775. The van der Waals surface area contributed by atoms with Gasteiger partial charge in [0.15, 0.2) is 11.5 Å². The molecular weight excluding hydrogens is 361 g/mol. The molecule has 0 unspecified atom stereocenters. The van der Waals surface area contributed by atoms with E-state index in [1.54, 1.807) is 13.0 Å². The van der Waals surface area contributed by atoms with Gasteiger partial charge in [-0.25, -0.2) is 8.42 Å².